The van der Waals surface area contributed by atoms with Crippen molar-refractivity contribution in [1.82, 2.24) is 9.97 Å². The van der Waals surface area contributed by atoms with E-state index < -0.39 is 4.92 Å². The van der Waals surface area contributed by atoms with Crippen LogP contribution in [0.5, 0.6) is 0 Å². The fraction of sp³-hybridized carbons (Fsp3) is 0.600. The third-order valence-corrected chi connectivity index (χ3v) is 2.23. The topological polar surface area (TPSA) is 90.2 Å². The number of halogens is 1. The minimum Gasteiger partial charge on any atom is -0.377 e. The Bertz CT molecular complexity index is 439. The van der Waals surface area contributed by atoms with E-state index in [1.165, 1.54) is 6.92 Å². The summed E-state index contributed by atoms with van der Waals surface area (Å²) in [7, 11) is 0. The molecule has 1 aromatic heterocycles. The number of rotatable bonds is 6. The van der Waals surface area contributed by atoms with Crippen molar-refractivity contribution in [2.75, 3.05) is 18.5 Å². The second-order valence-electron chi connectivity index (χ2n) is 3.88. The van der Waals surface area contributed by atoms with Crippen molar-refractivity contribution >= 4 is 23.1 Å². The molecule has 0 saturated carbocycles. The highest BCUT2D eigenvalue weighted by Gasteiger charge is 2.21. The Kier molecular flexibility index (Phi) is 5.24. The van der Waals surface area contributed by atoms with Crippen molar-refractivity contribution in [2.24, 2.45) is 0 Å². The molecule has 0 unspecified atom stereocenters. The van der Waals surface area contributed by atoms with Crippen molar-refractivity contribution < 1.29 is 9.66 Å². The Morgan fingerprint density at radius 1 is 1.50 bits per heavy atom. The summed E-state index contributed by atoms with van der Waals surface area (Å²) < 4.78 is 5.32. The van der Waals surface area contributed by atoms with Crippen LogP contribution in [-0.4, -0.2) is 34.1 Å². The normalized spacial score (nSPS) is 10.7. The number of nitro groups is 1. The molecule has 0 saturated heterocycles. The van der Waals surface area contributed by atoms with Crippen LogP contribution in [-0.2, 0) is 4.74 Å². The van der Waals surface area contributed by atoms with Crippen LogP contribution in [0.3, 0.4) is 0 Å². The lowest BCUT2D eigenvalue weighted by molar-refractivity contribution is -0.385. The van der Waals surface area contributed by atoms with Gasteiger partial charge in [-0.3, -0.25) is 10.1 Å². The zero-order valence-corrected chi connectivity index (χ0v) is 11.2. The number of hydrogen-bond donors (Lipinski definition) is 1. The maximum absolute atomic E-state index is 10.9. The summed E-state index contributed by atoms with van der Waals surface area (Å²) in [4.78, 5) is 17.9. The average Bonchev–Trinajstić information content (AvgIpc) is 2.22. The van der Waals surface area contributed by atoms with Crippen molar-refractivity contribution in [2.45, 2.75) is 26.9 Å². The molecule has 0 aliphatic carbocycles. The van der Waals surface area contributed by atoms with Crippen molar-refractivity contribution in [1.29, 1.82) is 0 Å². The van der Waals surface area contributed by atoms with Gasteiger partial charge in [-0.05, 0) is 32.4 Å². The van der Waals surface area contributed by atoms with Crippen molar-refractivity contribution in [3.63, 3.8) is 0 Å². The van der Waals surface area contributed by atoms with Gasteiger partial charge in [-0.1, -0.05) is 0 Å². The van der Waals surface area contributed by atoms with E-state index in [2.05, 4.69) is 15.3 Å². The van der Waals surface area contributed by atoms with E-state index in [-0.39, 0.29) is 28.6 Å². The van der Waals surface area contributed by atoms with Crippen LogP contribution < -0.4 is 5.32 Å². The van der Waals surface area contributed by atoms with Gasteiger partial charge in [0.05, 0.1) is 17.6 Å². The summed E-state index contributed by atoms with van der Waals surface area (Å²) in [6.07, 6.45) is 0.109. The van der Waals surface area contributed by atoms with Crippen LogP contribution in [0.1, 0.15) is 19.5 Å². The first-order chi connectivity index (χ1) is 8.41. The fourth-order valence-corrected chi connectivity index (χ4v) is 1.55. The van der Waals surface area contributed by atoms with Gasteiger partial charge in [0.1, 0.15) is 5.69 Å². The summed E-state index contributed by atoms with van der Waals surface area (Å²) >= 11 is 5.67. The first-order valence-electron chi connectivity index (χ1n) is 5.45. The van der Waals surface area contributed by atoms with Gasteiger partial charge in [0.15, 0.2) is 0 Å². The van der Waals surface area contributed by atoms with Crippen LogP contribution in [0, 0.1) is 17.0 Å². The smallest absolute Gasteiger partial charge is 0.332 e. The molecule has 0 amide bonds. The number of ether oxygens (including phenoxy) is 1. The van der Waals surface area contributed by atoms with Gasteiger partial charge in [0.2, 0.25) is 11.1 Å². The third kappa shape index (κ3) is 4.08. The monoisotopic (exact) mass is 274 g/mol. The molecule has 0 aliphatic heterocycles. The van der Waals surface area contributed by atoms with Gasteiger partial charge in [0.25, 0.3) is 0 Å². The Morgan fingerprint density at radius 2 is 2.17 bits per heavy atom. The minimum atomic E-state index is -0.530. The van der Waals surface area contributed by atoms with Gasteiger partial charge in [-0.25, -0.2) is 4.98 Å². The van der Waals surface area contributed by atoms with E-state index in [4.69, 9.17) is 16.3 Å². The first kappa shape index (κ1) is 14.6. The summed E-state index contributed by atoms with van der Waals surface area (Å²) in [6, 6.07) is 0. The average molecular weight is 275 g/mol. The lowest BCUT2D eigenvalue weighted by Crippen LogP contribution is -2.15. The number of aromatic nitrogens is 2. The quantitative estimate of drug-likeness (QED) is 0.370. The highest BCUT2D eigenvalue weighted by Crippen LogP contribution is 2.26. The Balaban J connectivity index is 2.77. The molecule has 100 valence electrons. The lowest BCUT2D eigenvalue weighted by atomic mass is 10.3. The van der Waals surface area contributed by atoms with Crippen LogP contribution in [0.15, 0.2) is 0 Å². The standard InChI is InChI=1S/C10H15ClN4O3/c1-6(2)18-5-4-12-9-8(15(16)17)7(3)13-10(11)14-9/h6H,4-5H2,1-3H3,(H,12,13,14). The van der Waals surface area contributed by atoms with Gasteiger partial charge in [0, 0.05) is 6.54 Å². The minimum absolute atomic E-state index is 0.0228. The van der Waals surface area contributed by atoms with Crippen LogP contribution in [0.2, 0.25) is 5.28 Å². The highest BCUT2D eigenvalue weighted by molar-refractivity contribution is 6.28. The molecule has 1 heterocycles. The molecule has 0 aromatic carbocycles. The predicted molar refractivity (Wildman–Crippen MR) is 68.0 cm³/mol. The molecule has 0 atom stereocenters. The SMILES string of the molecule is Cc1nc(Cl)nc(NCCOC(C)C)c1[N+](=O)[O-]. The first-order valence-corrected chi connectivity index (χ1v) is 5.83. The van der Waals surface area contributed by atoms with Crippen LogP contribution in [0.4, 0.5) is 11.5 Å². The molecule has 0 bridgehead atoms. The molecule has 0 fully saturated rings. The number of aryl methyl sites for hydroxylation is 1. The molecule has 0 aliphatic rings. The maximum Gasteiger partial charge on any atom is 0.332 e. The molecule has 1 rings (SSSR count). The maximum atomic E-state index is 10.9. The molecule has 7 nitrogen and oxygen atoms in total. The summed E-state index contributed by atoms with van der Waals surface area (Å²) in [5.41, 5.74) is 0.0659. The molecular formula is C10H15ClN4O3. The summed E-state index contributed by atoms with van der Waals surface area (Å²) in [6.45, 7) is 6.17. The number of hydrogen-bond acceptors (Lipinski definition) is 6. The third-order valence-electron chi connectivity index (χ3n) is 2.06. The van der Waals surface area contributed by atoms with Crippen LogP contribution in [0.25, 0.3) is 0 Å². The van der Waals surface area contributed by atoms with Crippen LogP contribution >= 0.6 is 11.6 Å². The number of nitrogens with one attached hydrogen (secondary N) is 1. The molecule has 0 spiro atoms. The summed E-state index contributed by atoms with van der Waals surface area (Å²) in [5.74, 6) is 0.116. The van der Waals surface area contributed by atoms with E-state index >= 15 is 0 Å². The van der Waals surface area contributed by atoms with E-state index in [9.17, 15) is 10.1 Å². The zero-order chi connectivity index (χ0) is 13.7. The molecular weight excluding hydrogens is 260 g/mol. The lowest BCUT2D eigenvalue weighted by Gasteiger charge is -2.10. The fourth-order valence-electron chi connectivity index (χ4n) is 1.34. The molecule has 8 heteroatoms. The Morgan fingerprint density at radius 3 is 2.72 bits per heavy atom. The summed E-state index contributed by atoms with van der Waals surface area (Å²) in [5, 5.41) is 13.7. The predicted octanol–water partition coefficient (Wildman–Crippen LogP) is 2.18. The number of nitrogens with zero attached hydrogens (tertiary/aromatic N) is 3. The number of anilines is 1. The largest absolute Gasteiger partial charge is 0.377 e. The van der Waals surface area contributed by atoms with E-state index in [1.807, 2.05) is 13.8 Å². The van der Waals surface area contributed by atoms with Gasteiger partial charge >= 0.3 is 5.69 Å². The van der Waals surface area contributed by atoms with Gasteiger partial charge in [-0.2, -0.15) is 4.98 Å². The second-order valence-corrected chi connectivity index (χ2v) is 4.22. The van der Waals surface area contributed by atoms with Gasteiger partial charge in [-0.15, -0.1) is 0 Å². The van der Waals surface area contributed by atoms with Gasteiger partial charge < -0.3 is 10.1 Å². The van der Waals surface area contributed by atoms with Crippen molar-refractivity contribution in [3.8, 4) is 0 Å². The Labute approximate surface area is 110 Å². The molecule has 1 N–H and O–H groups in total. The Hall–Kier alpha value is -1.47. The van der Waals surface area contributed by atoms with E-state index in [0.717, 1.165) is 0 Å². The highest BCUT2D eigenvalue weighted by atomic mass is 35.5. The molecule has 0 radical (unpaired) electrons. The zero-order valence-electron chi connectivity index (χ0n) is 10.4. The molecule has 18 heavy (non-hydrogen) atoms. The van der Waals surface area contributed by atoms with Crippen molar-refractivity contribution in [3.05, 3.63) is 21.1 Å². The van der Waals surface area contributed by atoms with E-state index in [1.54, 1.807) is 0 Å². The van der Waals surface area contributed by atoms with E-state index in [0.29, 0.717) is 13.2 Å². The second kappa shape index (κ2) is 6.46. The molecule has 1 aromatic rings.